The van der Waals surface area contributed by atoms with Crippen LogP contribution in [0.1, 0.15) is 72.1 Å². The normalized spacial score (nSPS) is 22.7. The van der Waals surface area contributed by atoms with Gasteiger partial charge in [0.15, 0.2) is 0 Å². The van der Waals surface area contributed by atoms with E-state index in [1.54, 1.807) is 0 Å². The molecule has 2 aliphatic rings. The number of hydrogen-bond donors (Lipinski definition) is 3. The van der Waals surface area contributed by atoms with E-state index in [2.05, 4.69) is 22.0 Å². The smallest absolute Gasteiger partial charge is 0.250 e. The van der Waals surface area contributed by atoms with Crippen LogP contribution in [-0.4, -0.2) is 49.6 Å². The second-order valence-corrected chi connectivity index (χ2v) is 10.1. The lowest BCUT2D eigenvalue weighted by atomic mass is 9.84. The topological polar surface area (TPSA) is 120 Å². The van der Waals surface area contributed by atoms with Crippen LogP contribution in [-0.2, 0) is 19.1 Å². The Bertz CT molecular complexity index is 676. The summed E-state index contributed by atoms with van der Waals surface area (Å²) in [6, 6.07) is 0.532. The Balaban J connectivity index is 2.05. The number of carbonyl (C=O) groups is 3. The first kappa shape index (κ1) is 25.1. The molecule has 1 aliphatic carbocycles. The van der Waals surface area contributed by atoms with Crippen molar-refractivity contribution in [2.75, 3.05) is 13.7 Å². The van der Waals surface area contributed by atoms with Gasteiger partial charge in [-0.2, -0.15) is 5.26 Å². The molecule has 8 heteroatoms. The van der Waals surface area contributed by atoms with Gasteiger partial charge >= 0.3 is 0 Å². The fourth-order valence-corrected chi connectivity index (χ4v) is 4.60. The van der Waals surface area contributed by atoms with Crippen molar-refractivity contribution in [1.29, 1.82) is 5.26 Å². The molecule has 0 radical (unpaired) electrons. The van der Waals surface area contributed by atoms with Crippen LogP contribution >= 0.6 is 0 Å². The molecule has 1 heterocycles. The Morgan fingerprint density at radius 3 is 2.35 bits per heavy atom. The maximum Gasteiger partial charge on any atom is 0.250 e. The second-order valence-electron chi connectivity index (χ2n) is 10.1. The fraction of sp³-hybridized carbons (Fsp3) is 0.826. The van der Waals surface area contributed by atoms with Crippen LogP contribution in [0.4, 0.5) is 0 Å². The maximum absolute atomic E-state index is 13.0. The van der Waals surface area contributed by atoms with E-state index in [4.69, 9.17) is 4.74 Å². The Hall–Kier alpha value is -2.14. The molecule has 0 spiro atoms. The molecule has 0 bridgehead atoms. The highest BCUT2D eigenvalue weighted by atomic mass is 16.5. The fourth-order valence-electron chi connectivity index (χ4n) is 4.60. The maximum atomic E-state index is 13.0. The van der Waals surface area contributed by atoms with Gasteiger partial charge in [-0.1, -0.05) is 40.0 Å². The van der Waals surface area contributed by atoms with E-state index in [0.29, 0.717) is 19.4 Å². The molecule has 31 heavy (non-hydrogen) atoms. The molecule has 0 aromatic rings. The van der Waals surface area contributed by atoms with E-state index in [-0.39, 0.29) is 35.5 Å². The van der Waals surface area contributed by atoms with Crippen molar-refractivity contribution >= 4 is 17.7 Å². The lowest BCUT2D eigenvalue weighted by molar-refractivity contribution is -0.139. The molecule has 1 saturated heterocycles. The van der Waals surface area contributed by atoms with Crippen LogP contribution in [0.15, 0.2) is 0 Å². The van der Waals surface area contributed by atoms with Gasteiger partial charge in [0.05, 0.1) is 6.07 Å². The van der Waals surface area contributed by atoms with Crippen molar-refractivity contribution in [3.8, 4) is 6.07 Å². The van der Waals surface area contributed by atoms with Gasteiger partial charge in [-0.15, -0.1) is 0 Å². The van der Waals surface area contributed by atoms with Crippen LogP contribution < -0.4 is 16.0 Å². The second kappa shape index (κ2) is 11.5. The van der Waals surface area contributed by atoms with Gasteiger partial charge in [0.2, 0.25) is 17.7 Å². The molecule has 174 valence electrons. The monoisotopic (exact) mass is 434 g/mol. The number of ether oxygens (including phenoxy) is 1. The van der Waals surface area contributed by atoms with Gasteiger partial charge in [0, 0.05) is 19.6 Å². The average Bonchev–Trinajstić information content (AvgIpc) is 3.11. The summed E-state index contributed by atoms with van der Waals surface area (Å²) >= 11 is 0. The third-order valence-corrected chi connectivity index (χ3v) is 6.20. The van der Waals surface area contributed by atoms with Gasteiger partial charge in [0.25, 0.3) is 0 Å². The third kappa shape index (κ3) is 7.80. The molecule has 2 fully saturated rings. The lowest BCUT2D eigenvalue weighted by Crippen LogP contribution is -2.54. The number of carbonyl (C=O) groups excluding carboxylic acids is 3. The first-order valence-corrected chi connectivity index (χ1v) is 11.5. The molecule has 0 aromatic carbocycles. The lowest BCUT2D eigenvalue weighted by Gasteiger charge is -2.31. The predicted molar refractivity (Wildman–Crippen MR) is 117 cm³/mol. The van der Waals surface area contributed by atoms with E-state index in [1.165, 1.54) is 13.5 Å². The summed E-state index contributed by atoms with van der Waals surface area (Å²) in [6.45, 7) is 6.59. The first-order valence-electron chi connectivity index (χ1n) is 11.5. The summed E-state index contributed by atoms with van der Waals surface area (Å²) in [7, 11) is 1.54. The number of methoxy groups -OCH3 is 1. The van der Waals surface area contributed by atoms with E-state index < -0.39 is 24.1 Å². The van der Waals surface area contributed by atoms with Crippen LogP contribution in [0.25, 0.3) is 0 Å². The van der Waals surface area contributed by atoms with Crippen molar-refractivity contribution in [2.24, 2.45) is 17.3 Å². The molecule has 8 nitrogen and oxygen atoms in total. The van der Waals surface area contributed by atoms with Gasteiger partial charge in [-0.05, 0) is 43.4 Å². The number of amides is 3. The van der Waals surface area contributed by atoms with Crippen molar-refractivity contribution in [1.82, 2.24) is 16.0 Å². The van der Waals surface area contributed by atoms with E-state index in [1.807, 2.05) is 20.8 Å². The summed E-state index contributed by atoms with van der Waals surface area (Å²) < 4.78 is 5.52. The highest BCUT2D eigenvalue weighted by Crippen LogP contribution is 2.28. The predicted octanol–water partition coefficient (Wildman–Crippen LogP) is 2.04. The molecule has 2 rings (SSSR count). The Morgan fingerprint density at radius 2 is 1.84 bits per heavy atom. The summed E-state index contributed by atoms with van der Waals surface area (Å²) in [4.78, 5) is 37.9. The molecule has 3 N–H and O–H groups in total. The third-order valence-electron chi connectivity index (χ3n) is 6.20. The number of nitrogens with one attached hydrogen (secondary N) is 3. The quantitative estimate of drug-likeness (QED) is 0.513. The van der Waals surface area contributed by atoms with Crippen LogP contribution in [0.2, 0.25) is 0 Å². The molecule has 0 aromatic heterocycles. The number of nitrogens with zero attached hydrogens (tertiary/aromatic N) is 1. The molecular weight excluding hydrogens is 396 g/mol. The zero-order chi connectivity index (χ0) is 23.0. The summed E-state index contributed by atoms with van der Waals surface area (Å²) in [5, 5.41) is 17.9. The molecule has 4 atom stereocenters. The van der Waals surface area contributed by atoms with Crippen LogP contribution in [0.5, 0.6) is 0 Å². The highest BCUT2D eigenvalue weighted by molar-refractivity contribution is 5.90. The average molecular weight is 435 g/mol. The zero-order valence-electron chi connectivity index (χ0n) is 19.3. The minimum Gasteiger partial charge on any atom is -0.371 e. The number of rotatable bonds is 9. The molecule has 1 saturated carbocycles. The van der Waals surface area contributed by atoms with E-state index in [0.717, 1.165) is 25.7 Å². The molecule has 1 unspecified atom stereocenters. The van der Waals surface area contributed by atoms with E-state index >= 15 is 0 Å². The van der Waals surface area contributed by atoms with Crippen molar-refractivity contribution in [3.05, 3.63) is 0 Å². The van der Waals surface area contributed by atoms with Gasteiger partial charge < -0.3 is 20.7 Å². The summed E-state index contributed by atoms with van der Waals surface area (Å²) in [5.74, 6) is -0.867. The van der Waals surface area contributed by atoms with Crippen molar-refractivity contribution in [3.63, 3.8) is 0 Å². The number of hydrogen-bond acceptors (Lipinski definition) is 5. The molecular formula is C23H38N4O4. The minimum atomic E-state index is -0.780. The molecule has 3 amide bonds. The largest absolute Gasteiger partial charge is 0.371 e. The molecule has 1 aliphatic heterocycles. The van der Waals surface area contributed by atoms with Gasteiger partial charge in [0.1, 0.15) is 18.2 Å². The van der Waals surface area contributed by atoms with Gasteiger partial charge in [-0.25, -0.2) is 0 Å². The Kier molecular flexibility index (Phi) is 9.30. The standard InChI is InChI=1S/C23H38N4O4/c1-23(2,3)13-18(27-22(30)19(31-4)15-8-6-5-7-9-15)21(29)26-17(14-24)12-16-10-11-25-20(16)28/h15-19H,5-13H2,1-4H3,(H,25,28)(H,26,29)(H,27,30)/t16-,17-,18-,19?/m0/s1. The zero-order valence-corrected chi connectivity index (χ0v) is 19.3. The Labute approximate surface area is 185 Å². The van der Waals surface area contributed by atoms with Crippen LogP contribution in [0, 0.1) is 28.6 Å². The SMILES string of the molecule is COC(C(=O)N[C@@H](CC(C)(C)C)C(=O)N[C@H](C#N)C[C@@H]1CCNC1=O)C1CCCCC1. The summed E-state index contributed by atoms with van der Waals surface area (Å²) in [6.07, 6.45) is 6.02. The number of nitriles is 1. The minimum absolute atomic E-state index is 0.0792. The Morgan fingerprint density at radius 1 is 1.16 bits per heavy atom. The highest BCUT2D eigenvalue weighted by Gasteiger charge is 2.35. The first-order chi connectivity index (χ1) is 14.6. The van der Waals surface area contributed by atoms with Gasteiger partial charge in [-0.3, -0.25) is 14.4 Å². The van der Waals surface area contributed by atoms with E-state index in [9.17, 15) is 19.6 Å². The van der Waals surface area contributed by atoms with Crippen molar-refractivity contribution in [2.45, 2.75) is 90.3 Å². The van der Waals surface area contributed by atoms with Crippen LogP contribution in [0.3, 0.4) is 0 Å². The summed E-state index contributed by atoms with van der Waals surface area (Å²) in [5.41, 5.74) is -0.212. The van der Waals surface area contributed by atoms with Crippen molar-refractivity contribution < 1.29 is 19.1 Å².